The van der Waals surface area contributed by atoms with Crippen LogP contribution in [-0.2, 0) is 4.79 Å². The third-order valence-corrected chi connectivity index (χ3v) is 3.55. The molecule has 1 aliphatic rings. The molecule has 0 aliphatic carbocycles. The monoisotopic (exact) mass is 310 g/mol. The average Bonchev–Trinajstić information content (AvgIpc) is 2.36. The van der Waals surface area contributed by atoms with Gasteiger partial charge in [-0.3, -0.25) is 0 Å². The molecule has 5 nitrogen and oxygen atoms in total. The molecular formula is C13H21F3N2O3. The normalized spacial score (nSPS) is 18.7. The van der Waals surface area contributed by atoms with Gasteiger partial charge in [0, 0.05) is 13.1 Å². The summed E-state index contributed by atoms with van der Waals surface area (Å²) in [5, 5.41) is 11.4. The van der Waals surface area contributed by atoms with Gasteiger partial charge in [0.2, 0.25) is 0 Å². The lowest BCUT2D eigenvalue weighted by molar-refractivity contribution is -0.183. The van der Waals surface area contributed by atoms with Gasteiger partial charge >= 0.3 is 18.2 Å². The third-order valence-electron chi connectivity index (χ3n) is 3.55. The highest BCUT2D eigenvalue weighted by Gasteiger charge is 2.41. The number of urea groups is 1. The molecule has 8 heteroatoms. The maximum absolute atomic E-state index is 12.5. The van der Waals surface area contributed by atoms with E-state index in [0.717, 1.165) is 0 Å². The highest BCUT2D eigenvalue weighted by atomic mass is 19.4. The maximum atomic E-state index is 12.5. The van der Waals surface area contributed by atoms with E-state index in [1.54, 1.807) is 0 Å². The number of carboxylic acids is 1. The molecule has 21 heavy (non-hydrogen) atoms. The van der Waals surface area contributed by atoms with E-state index in [4.69, 9.17) is 5.11 Å². The number of nitrogens with one attached hydrogen (secondary N) is 1. The summed E-state index contributed by atoms with van der Waals surface area (Å²) < 4.78 is 37.6. The zero-order valence-corrected chi connectivity index (χ0v) is 12.1. The number of likely N-dealkylation sites (tertiary alicyclic amines) is 1. The Balaban J connectivity index is 2.51. The molecule has 1 rings (SSSR count). The van der Waals surface area contributed by atoms with Crippen LogP contribution >= 0.6 is 0 Å². The smallest absolute Gasteiger partial charge is 0.391 e. The first kappa shape index (κ1) is 17.6. The van der Waals surface area contributed by atoms with Crippen LogP contribution in [0.3, 0.4) is 0 Å². The molecule has 2 N–H and O–H groups in total. The first-order chi connectivity index (χ1) is 9.61. The van der Waals surface area contributed by atoms with Crippen LogP contribution in [0, 0.1) is 11.8 Å². The standard InChI is InChI=1S/C13H21F3N2O3/c1-8(2)7-10(11(19)20)17-12(21)18-5-3-9(4-6-18)13(14,15)16/h8-10H,3-7H2,1-2H3,(H,17,21)(H,19,20). The molecule has 1 atom stereocenters. The van der Waals surface area contributed by atoms with Crippen molar-refractivity contribution in [1.29, 1.82) is 0 Å². The van der Waals surface area contributed by atoms with Crippen LogP contribution in [0.25, 0.3) is 0 Å². The van der Waals surface area contributed by atoms with Gasteiger partial charge in [-0.15, -0.1) is 0 Å². The topological polar surface area (TPSA) is 69.6 Å². The highest BCUT2D eigenvalue weighted by molar-refractivity contribution is 5.82. The van der Waals surface area contributed by atoms with E-state index in [1.807, 2.05) is 13.8 Å². The number of aliphatic carboxylic acids is 1. The number of carboxylic acid groups (broad SMARTS) is 1. The van der Waals surface area contributed by atoms with Gasteiger partial charge in [-0.25, -0.2) is 9.59 Å². The Kier molecular flexibility index (Phi) is 5.86. The third kappa shape index (κ3) is 5.43. The van der Waals surface area contributed by atoms with Gasteiger partial charge in [-0.2, -0.15) is 13.2 Å². The Bertz CT molecular complexity index is 377. The number of rotatable bonds is 4. The van der Waals surface area contributed by atoms with E-state index in [1.165, 1.54) is 4.90 Å². The molecule has 122 valence electrons. The van der Waals surface area contributed by atoms with E-state index in [9.17, 15) is 22.8 Å². The molecule has 0 aromatic carbocycles. The van der Waals surface area contributed by atoms with Crippen molar-refractivity contribution in [3.05, 3.63) is 0 Å². The van der Waals surface area contributed by atoms with Crippen molar-refractivity contribution in [2.24, 2.45) is 11.8 Å². The quantitative estimate of drug-likeness (QED) is 0.838. The summed E-state index contributed by atoms with van der Waals surface area (Å²) in [5.41, 5.74) is 0. The first-order valence-corrected chi connectivity index (χ1v) is 6.96. The Morgan fingerprint density at radius 2 is 1.81 bits per heavy atom. The number of halogens is 3. The van der Waals surface area contributed by atoms with E-state index >= 15 is 0 Å². The Hall–Kier alpha value is -1.47. The second-order valence-corrected chi connectivity index (χ2v) is 5.77. The van der Waals surface area contributed by atoms with Crippen molar-refractivity contribution in [1.82, 2.24) is 10.2 Å². The number of hydrogen-bond acceptors (Lipinski definition) is 2. The maximum Gasteiger partial charge on any atom is 0.391 e. The number of hydrogen-bond donors (Lipinski definition) is 2. The molecule has 1 heterocycles. The van der Waals surface area contributed by atoms with E-state index < -0.39 is 30.1 Å². The van der Waals surface area contributed by atoms with Crippen molar-refractivity contribution in [2.45, 2.75) is 45.3 Å². The second kappa shape index (κ2) is 7.00. The Morgan fingerprint density at radius 1 is 1.29 bits per heavy atom. The van der Waals surface area contributed by atoms with Crippen LogP contribution in [0.1, 0.15) is 33.1 Å². The predicted molar refractivity (Wildman–Crippen MR) is 69.8 cm³/mol. The lowest BCUT2D eigenvalue weighted by Gasteiger charge is -2.33. The first-order valence-electron chi connectivity index (χ1n) is 6.96. The molecule has 0 aromatic rings. The fourth-order valence-electron chi connectivity index (χ4n) is 2.34. The molecule has 1 aliphatic heterocycles. The number of carbonyl (C=O) groups is 2. The summed E-state index contributed by atoms with van der Waals surface area (Å²) >= 11 is 0. The lowest BCUT2D eigenvalue weighted by atomic mass is 9.96. The molecule has 2 amide bonds. The van der Waals surface area contributed by atoms with Gasteiger partial charge < -0.3 is 15.3 Å². The average molecular weight is 310 g/mol. The second-order valence-electron chi connectivity index (χ2n) is 5.77. The minimum atomic E-state index is -4.23. The number of amides is 2. The van der Waals surface area contributed by atoms with Crippen molar-refractivity contribution >= 4 is 12.0 Å². The molecule has 1 saturated heterocycles. The molecule has 0 aromatic heterocycles. The van der Waals surface area contributed by atoms with Gasteiger partial charge in [0.15, 0.2) is 0 Å². The van der Waals surface area contributed by atoms with Crippen molar-refractivity contribution in [3.8, 4) is 0 Å². The summed E-state index contributed by atoms with van der Waals surface area (Å²) in [4.78, 5) is 24.2. The van der Waals surface area contributed by atoms with Crippen LogP contribution in [0.2, 0.25) is 0 Å². The molecular weight excluding hydrogens is 289 g/mol. The van der Waals surface area contributed by atoms with Crippen molar-refractivity contribution in [2.75, 3.05) is 13.1 Å². The van der Waals surface area contributed by atoms with Gasteiger partial charge in [-0.05, 0) is 25.2 Å². The van der Waals surface area contributed by atoms with Crippen molar-refractivity contribution < 1.29 is 27.9 Å². The minimum Gasteiger partial charge on any atom is -0.480 e. The molecule has 0 bridgehead atoms. The van der Waals surface area contributed by atoms with Gasteiger partial charge in [0.1, 0.15) is 6.04 Å². The number of alkyl halides is 3. The molecule has 1 unspecified atom stereocenters. The summed E-state index contributed by atoms with van der Waals surface area (Å²) in [5.74, 6) is -2.43. The van der Waals surface area contributed by atoms with Crippen LogP contribution < -0.4 is 5.32 Å². The zero-order chi connectivity index (χ0) is 16.2. The Labute approximate surface area is 121 Å². The lowest BCUT2D eigenvalue weighted by Crippen LogP contribution is -2.51. The van der Waals surface area contributed by atoms with Crippen molar-refractivity contribution in [3.63, 3.8) is 0 Å². The summed E-state index contributed by atoms with van der Waals surface area (Å²) in [6, 6.07) is -1.62. The zero-order valence-electron chi connectivity index (χ0n) is 12.1. The molecule has 1 fully saturated rings. The number of carbonyl (C=O) groups excluding carboxylic acids is 1. The number of nitrogens with zero attached hydrogens (tertiary/aromatic N) is 1. The van der Waals surface area contributed by atoms with E-state index in [0.29, 0.717) is 0 Å². The van der Waals surface area contributed by atoms with Crippen LogP contribution in [0.15, 0.2) is 0 Å². The number of piperidine rings is 1. The summed E-state index contributed by atoms with van der Waals surface area (Å²) in [6.07, 6.45) is -4.23. The minimum absolute atomic E-state index is 0.00989. The Morgan fingerprint density at radius 3 is 2.19 bits per heavy atom. The van der Waals surface area contributed by atoms with Gasteiger partial charge in [0.05, 0.1) is 5.92 Å². The highest BCUT2D eigenvalue weighted by Crippen LogP contribution is 2.34. The predicted octanol–water partition coefficient (Wildman–Crippen LogP) is 2.47. The summed E-state index contributed by atoms with van der Waals surface area (Å²) in [6.45, 7) is 3.64. The van der Waals surface area contributed by atoms with Crippen LogP contribution in [0.4, 0.5) is 18.0 Å². The molecule has 0 spiro atoms. The van der Waals surface area contributed by atoms with Crippen LogP contribution in [0.5, 0.6) is 0 Å². The van der Waals surface area contributed by atoms with Crippen LogP contribution in [-0.4, -0.2) is 47.3 Å². The fourth-order valence-corrected chi connectivity index (χ4v) is 2.34. The summed E-state index contributed by atoms with van der Waals surface area (Å²) in [7, 11) is 0. The fraction of sp³-hybridized carbons (Fsp3) is 0.846. The van der Waals surface area contributed by atoms with Gasteiger partial charge in [0.25, 0.3) is 0 Å². The van der Waals surface area contributed by atoms with E-state index in [2.05, 4.69) is 5.32 Å². The van der Waals surface area contributed by atoms with E-state index in [-0.39, 0.29) is 38.3 Å². The molecule has 0 radical (unpaired) electrons. The molecule has 0 saturated carbocycles. The largest absolute Gasteiger partial charge is 0.480 e. The van der Waals surface area contributed by atoms with Gasteiger partial charge in [-0.1, -0.05) is 13.8 Å². The SMILES string of the molecule is CC(C)CC(NC(=O)N1CCC(C(F)(F)F)CC1)C(=O)O.